The summed E-state index contributed by atoms with van der Waals surface area (Å²) < 4.78 is 0. The SMILES string of the molecule is CCCCCCCCCCCCCCCCCCNC(=O)Nc1cc(C(=O)O)cc(C(=O)O)c1. The fraction of sp³-hybridized carbons (Fsp3) is 0.667. The van der Waals surface area contributed by atoms with E-state index in [0.29, 0.717) is 6.54 Å². The van der Waals surface area contributed by atoms with E-state index in [4.69, 9.17) is 10.2 Å². The van der Waals surface area contributed by atoms with E-state index in [1.807, 2.05) is 0 Å². The highest BCUT2D eigenvalue weighted by atomic mass is 16.4. The van der Waals surface area contributed by atoms with Gasteiger partial charge in [0.05, 0.1) is 11.1 Å². The van der Waals surface area contributed by atoms with Crippen molar-refractivity contribution >= 4 is 23.7 Å². The van der Waals surface area contributed by atoms with E-state index in [-0.39, 0.29) is 16.8 Å². The molecule has 1 aromatic carbocycles. The second kappa shape index (κ2) is 18.8. The molecule has 1 rings (SSSR count). The van der Waals surface area contributed by atoms with Crippen molar-refractivity contribution in [2.24, 2.45) is 0 Å². The van der Waals surface area contributed by atoms with Crippen LogP contribution < -0.4 is 10.6 Å². The lowest BCUT2D eigenvalue weighted by atomic mass is 10.0. The Morgan fingerprint density at radius 1 is 0.618 bits per heavy atom. The number of carboxylic acid groups (broad SMARTS) is 2. The van der Waals surface area contributed by atoms with Crippen molar-refractivity contribution in [3.63, 3.8) is 0 Å². The lowest BCUT2D eigenvalue weighted by Gasteiger charge is -2.09. The summed E-state index contributed by atoms with van der Waals surface area (Å²) in [5, 5.41) is 23.4. The zero-order valence-electron chi connectivity index (χ0n) is 20.9. The first kappa shape index (κ1) is 29.5. The maximum atomic E-state index is 12.0. The Morgan fingerprint density at radius 2 is 1.00 bits per heavy atom. The molecule has 0 spiro atoms. The smallest absolute Gasteiger partial charge is 0.335 e. The number of amides is 2. The third-order valence-electron chi connectivity index (χ3n) is 6.00. The van der Waals surface area contributed by atoms with E-state index < -0.39 is 18.0 Å². The molecule has 0 saturated heterocycles. The van der Waals surface area contributed by atoms with Crippen molar-refractivity contribution in [2.45, 2.75) is 110 Å². The van der Waals surface area contributed by atoms with Crippen LogP contribution in [0.5, 0.6) is 0 Å². The summed E-state index contributed by atoms with van der Waals surface area (Å²) in [6, 6.07) is 3.07. The fourth-order valence-electron chi connectivity index (χ4n) is 4.00. The standard InChI is InChI=1S/C27H44N2O5/c1-2-3-4-5-6-7-8-9-10-11-12-13-14-15-16-17-18-28-27(34)29-24-20-22(25(30)31)19-23(21-24)26(32)33/h19-21H,2-18H2,1H3,(H,30,31)(H,32,33)(H2,28,29,34). The summed E-state index contributed by atoms with van der Waals surface area (Å²) in [6.07, 6.45) is 20.7. The van der Waals surface area contributed by atoms with Crippen molar-refractivity contribution in [1.29, 1.82) is 0 Å². The Morgan fingerprint density at radius 3 is 1.38 bits per heavy atom. The van der Waals surface area contributed by atoms with Crippen molar-refractivity contribution in [3.05, 3.63) is 29.3 Å². The Hall–Kier alpha value is -2.57. The van der Waals surface area contributed by atoms with Crippen LogP contribution >= 0.6 is 0 Å². The van der Waals surface area contributed by atoms with Crippen LogP contribution in [0, 0.1) is 0 Å². The normalized spacial score (nSPS) is 10.7. The van der Waals surface area contributed by atoms with Gasteiger partial charge in [0.1, 0.15) is 0 Å². The quantitative estimate of drug-likeness (QED) is 0.146. The molecule has 0 radical (unpaired) electrons. The first-order chi connectivity index (χ1) is 16.4. The minimum absolute atomic E-state index is 0.141. The van der Waals surface area contributed by atoms with Gasteiger partial charge in [-0.25, -0.2) is 14.4 Å². The summed E-state index contributed by atoms with van der Waals surface area (Å²) in [7, 11) is 0. The molecule has 0 aliphatic rings. The van der Waals surface area contributed by atoms with Crippen LogP contribution in [-0.4, -0.2) is 34.7 Å². The van der Waals surface area contributed by atoms with Gasteiger partial charge in [0.2, 0.25) is 0 Å². The number of aromatic carboxylic acids is 2. The van der Waals surface area contributed by atoms with Gasteiger partial charge < -0.3 is 20.8 Å². The van der Waals surface area contributed by atoms with Gasteiger partial charge >= 0.3 is 18.0 Å². The monoisotopic (exact) mass is 476 g/mol. The van der Waals surface area contributed by atoms with Gasteiger partial charge in [-0.3, -0.25) is 0 Å². The molecule has 0 heterocycles. The van der Waals surface area contributed by atoms with Crippen molar-refractivity contribution < 1.29 is 24.6 Å². The largest absolute Gasteiger partial charge is 0.478 e. The van der Waals surface area contributed by atoms with Gasteiger partial charge in [-0.15, -0.1) is 0 Å². The minimum atomic E-state index is -1.25. The fourth-order valence-corrected chi connectivity index (χ4v) is 4.00. The number of anilines is 1. The van der Waals surface area contributed by atoms with E-state index in [9.17, 15) is 14.4 Å². The molecular formula is C27H44N2O5. The van der Waals surface area contributed by atoms with Crippen LogP contribution in [0.1, 0.15) is 130 Å². The van der Waals surface area contributed by atoms with Crippen LogP contribution in [0.25, 0.3) is 0 Å². The lowest BCUT2D eigenvalue weighted by Crippen LogP contribution is -2.29. The van der Waals surface area contributed by atoms with Gasteiger partial charge in [-0.1, -0.05) is 103 Å². The molecule has 0 saturated carbocycles. The molecule has 0 bridgehead atoms. The predicted octanol–water partition coefficient (Wildman–Crippen LogP) is 7.47. The van der Waals surface area contributed by atoms with Gasteiger partial charge in [0.15, 0.2) is 0 Å². The molecule has 4 N–H and O–H groups in total. The average Bonchev–Trinajstić information content (AvgIpc) is 2.80. The molecule has 0 fully saturated rings. The van der Waals surface area contributed by atoms with Gasteiger partial charge in [0, 0.05) is 12.2 Å². The predicted molar refractivity (Wildman–Crippen MR) is 137 cm³/mol. The molecule has 0 unspecified atom stereocenters. The number of rotatable bonds is 20. The number of nitrogens with one attached hydrogen (secondary N) is 2. The zero-order valence-corrected chi connectivity index (χ0v) is 20.9. The molecular weight excluding hydrogens is 432 g/mol. The number of benzene rings is 1. The third-order valence-corrected chi connectivity index (χ3v) is 6.00. The molecule has 0 aliphatic carbocycles. The van der Waals surface area contributed by atoms with Gasteiger partial charge in [-0.05, 0) is 24.6 Å². The molecule has 7 nitrogen and oxygen atoms in total. The Bertz CT molecular complexity index is 703. The maximum absolute atomic E-state index is 12.0. The Labute approximate surface area is 204 Å². The average molecular weight is 477 g/mol. The number of carboxylic acids is 2. The Kier molecular flexibility index (Phi) is 16.3. The van der Waals surface area contributed by atoms with Crippen LogP contribution in [-0.2, 0) is 0 Å². The summed E-state index contributed by atoms with van der Waals surface area (Å²) in [6.45, 7) is 2.78. The summed E-state index contributed by atoms with van der Waals surface area (Å²) in [5.74, 6) is -2.50. The van der Waals surface area contributed by atoms with Crippen LogP contribution in [0.4, 0.5) is 10.5 Å². The highest BCUT2D eigenvalue weighted by molar-refractivity contribution is 5.98. The molecule has 1 aromatic rings. The number of hydrogen-bond acceptors (Lipinski definition) is 3. The highest BCUT2D eigenvalue weighted by Gasteiger charge is 2.12. The topological polar surface area (TPSA) is 116 Å². The summed E-state index contributed by atoms with van der Waals surface area (Å²) in [5.41, 5.74) is -0.234. The number of unbranched alkanes of at least 4 members (excludes halogenated alkanes) is 15. The molecule has 0 aliphatic heterocycles. The number of carbonyl (C=O) groups is 3. The lowest BCUT2D eigenvalue weighted by molar-refractivity contribution is 0.0696. The molecule has 192 valence electrons. The van der Waals surface area contributed by atoms with E-state index >= 15 is 0 Å². The molecule has 34 heavy (non-hydrogen) atoms. The first-order valence-electron chi connectivity index (χ1n) is 13.1. The van der Waals surface area contributed by atoms with Crippen LogP contribution in [0.2, 0.25) is 0 Å². The number of hydrogen-bond donors (Lipinski definition) is 4. The van der Waals surface area contributed by atoms with Crippen LogP contribution in [0.3, 0.4) is 0 Å². The maximum Gasteiger partial charge on any atom is 0.335 e. The van der Waals surface area contributed by atoms with E-state index in [1.165, 1.54) is 95.6 Å². The van der Waals surface area contributed by atoms with Gasteiger partial charge in [0.25, 0.3) is 0 Å². The molecule has 7 heteroatoms. The number of urea groups is 1. The highest BCUT2D eigenvalue weighted by Crippen LogP contribution is 2.16. The Balaban J connectivity index is 2.00. The van der Waals surface area contributed by atoms with Crippen molar-refractivity contribution in [1.82, 2.24) is 5.32 Å². The van der Waals surface area contributed by atoms with E-state index in [1.54, 1.807) is 0 Å². The molecule has 0 atom stereocenters. The van der Waals surface area contributed by atoms with Gasteiger partial charge in [-0.2, -0.15) is 0 Å². The third kappa shape index (κ3) is 14.6. The second-order valence-electron chi connectivity index (χ2n) is 9.09. The summed E-state index contributed by atoms with van der Waals surface area (Å²) in [4.78, 5) is 34.3. The minimum Gasteiger partial charge on any atom is -0.478 e. The van der Waals surface area contributed by atoms with E-state index in [2.05, 4.69) is 17.6 Å². The zero-order chi connectivity index (χ0) is 25.0. The van der Waals surface area contributed by atoms with Crippen LogP contribution in [0.15, 0.2) is 18.2 Å². The van der Waals surface area contributed by atoms with Crippen molar-refractivity contribution in [2.75, 3.05) is 11.9 Å². The van der Waals surface area contributed by atoms with E-state index in [0.717, 1.165) is 25.3 Å². The second-order valence-corrected chi connectivity index (χ2v) is 9.09. The first-order valence-corrected chi connectivity index (χ1v) is 13.1. The summed E-state index contributed by atoms with van der Waals surface area (Å²) >= 11 is 0. The molecule has 0 aromatic heterocycles. The molecule has 2 amide bonds. The number of carbonyl (C=O) groups excluding carboxylic acids is 1. The van der Waals surface area contributed by atoms with Crippen molar-refractivity contribution in [3.8, 4) is 0 Å².